The zero-order chi connectivity index (χ0) is 10.8. The Morgan fingerprint density at radius 3 is 2.47 bits per heavy atom. The maximum atomic E-state index is 11.2. The maximum absolute atomic E-state index is 11.2. The Hall–Kier alpha value is -1.26. The van der Waals surface area contributed by atoms with Gasteiger partial charge in [-0.2, -0.15) is 0 Å². The van der Waals surface area contributed by atoms with E-state index in [0.29, 0.717) is 11.8 Å². The molecule has 0 N–H and O–H groups in total. The van der Waals surface area contributed by atoms with Crippen molar-refractivity contribution in [1.82, 2.24) is 20.2 Å². The molecule has 5 heteroatoms. The lowest BCUT2D eigenvalue weighted by Crippen LogP contribution is -2.23. The van der Waals surface area contributed by atoms with E-state index in [2.05, 4.69) is 15.5 Å². The van der Waals surface area contributed by atoms with Crippen LogP contribution < -0.4 is 0 Å². The molecule has 0 amide bonds. The van der Waals surface area contributed by atoms with Gasteiger partial charge in [-0.05, 0) is 50.0 Å². The minimum Gasteiger partial charge on any atom is -0.300 e. The standard InChI is InChI=1S/C10H16N4O/c1-7(15)9-3-5-10(6-4-9)14-8(2)11-12-13-14/h9-10H,3-6H2,1-2H3/t9-,10-. The van der Waals surface area contributed by atoms with Gasteiger partial charge < -0.3 is 0 Å². The number of rotatable bonds is 2. The molecule has 2 rings (SSSR count). The first kappa shape index (κ1) is 10.3. The van der Waals surface area contributed by atoms with Crippen LogP contribution in [0.2, 0.25) is 0 Å². The second-order valence-corrected chi connectivity index (χ2v) is 4.29. The van der Waals surface area contributed by atoms with Gasteiger partial charge in [0.2, 0.25) is 0 Å². The van der Waals surface area contributed by atoms with Gasteiger partial charge in [-0.3, -0.25) is 4.79 Å². The summed E-state index contributed by atoms with van der Waals surface area (Å²) < 4.78 is 1.89. The Bertz CT molecular complexity index is 352. The van der Waals surface area contributed by atoms with Gasteiger partial charge in [-0.1, -0.05) is 0 Å². The minimum atomic E-state index is 0.262. The number of ketones is 1. The summed E-state index contributed by atoms with van der Waals surface area (Å²) in [4.78, 5) is 11.2. The van der Waals surface area contributed by atoms with Crippen LogP contribution in [0, 0.1) is 12.8 Å². The van der Waals surface area contributed by atoms with Gasteiger partial charge in [-0.15, -0.1) is 5.10 Å². The van der Waals surface area contributed by atoms with Crippen LogP contribution in [0.5, 0.6) is 0 Å². The topological polar surface area (TPSA) is 60.7 Å². The molecule has 82 valence electrons. The number of aromatic nitrogens is 4. The van der Waals surface area contributed by atoms with Crippen molar-refractivity contribution in [2.24, 2.45) is 5.92 Å². The first-order chi connectivity index (χ1) is 7.18. The highest BCUT2D eigenvalue weighted by molar-refractivity contribution is 5.78. The molecule has 0 spiro atoms. The maximum Gasteiger partial charge on any atom is 0.148 e. The van der Waals surface area contributed by atoms with Gasteiger partial charge in [0.1, 0.15) is 11.6 Å². The van der Waals surface area contributed by atoms with Gasteiger partial charge in [-0.25, -0.2) is 4.68 Å². The largest absolute Gasteiger partial charge is 0.300 e. The molecule has 1 aromatic rings. The Kier molecular flexibility index (Phi) is 2.79. The van der Waals surface area contributed by atoms with Gasteiger partial charge >= 0.3 is 0 Å². The van der Waals surface area contributed by atoms with Crippen molar-refractivity contribution in [3.8, 4) is 0 Å². The van der Waals surface area contributed by atoms with Crippen LogP contribution in [-0.4, -0.2) is 26.0 Å². The summed E-state index contributed by atoms with van der Waals surface area (Å²) >= 11 is 0. The fraction of sp³-hybridized carbons (Fsp3) is 0.800. The van der Waals surface area contributed by atoms with E-state index in [4.69, 9.17) is 0 Å². The Balaban J connectivity index is 2.00. The van der Waals surface area contributed by atoms with Gasteiger partial charge in [0.15, 0.2) is 0 Å². The number of nitrogens with zero attached hydrogens (tertiary/aromatic N) is 4. The molecule has 0 aliphatic heterocycles. The highest BCUT2D eigenvalue weighted by Gasteiger charge is 2.26. The monoisotopic (exact) mass is 208 g/mol. The predicted molar refractivity (Wildman–Crippen MR) is 54.2 cm³/mol. The fourth-order valence-electron chi connectivity index (χ4n) is 2.30. The molecular weight excluding hydrogens is 192 g/mol. The van der Waals surface area contributed by atoms with Crippen molar-refractivity contribution < 1.29 is 4.79 Å². The molecule has 0 aromatic carbocycles. The van der Waals surface area contributed by atoms with Crippen molar-refractivity contribution in [2.45, 2.75) is 45.6 Å². The molecule has 1 heterocycles. The zero-order valence-corrected chi connectivity index (χ0v) is 9.18. The van der Waals surface area contributed by atoms with E-state index >= 15 is 0 Å². The van der Waals surface area contributed by atoms with E-state index in [1.807, 2.05) is 11.6 Å². The van der Waals surface area contributed by atoms with Crippen LogP contribution in [0.1, 0.15) is 44.5 Å². The van der Waals surface area contributed by atoms with Gasteiger partial charge in [0.05, 0.1) is 6.04 Å². The van der Waals surface area contributed by atoms with E-state index < -0.39 is 0 Å². The number of Topliss-reactive ketones (excluding diaryl/α,β-unsaturated/α-hetero) is 1. The molecule has 1 aromatic heterocycles. The molecular formula is C10H16N4O. The minimum absolute atomic E-state index is 0.262. The summed E-state index contributed by atoms with van der Waals surface area (Å²) in [6.45, 7) is 3.60. The lowest BCUT2D eigenvalue weighted by molar-refractivity contribution is -0.121. The van der Waals surface area contributed by atoms with Crippen LogP contribution >= 0.6 is 0 Å². The first-order valence-corrected chi connectivity index (χ1v) is 5.43. The molecule has 15 heavy (non-hydrogen) atoms. The molecule has 1 saturated carbocycles. The quantitative estimate of drug-likeness (QED) is 0.735. The first-order valence-electron chi connectivity index (χ1n) is 5.43. The molecule has 0 unspecified atom stereocenters. The van der Waals surface area contributed by atoms with E-state index in [1.165, 1.54) is 0 Å². The summed E-state index contributed by atoms with van der Waals surface area (Å²) in [7, 11) is 0. The average Bonchev–Trinajstić information content (AvgIpc) is 2.65. The Morgan fingerprint density at radius 2 is 2.00 bits per heavy atom. The highest BCUT2D eigenvalue weighted by atomic mass is 16.1. The average molecular weight is 208 g/mol. The number of carbonyl (C=O) groups excluding carboxylic acids is 1. The molecule has 0 bridgehead atoms. The second kappa shape index (κ2) is 4.08. The summed E-state index contributed by atoms with van der Waals surface area (Å²) in [5.41, 5.74) is 0. The molecule has 1 aliphatic rings. The van der Waals surface area contributed by atoms with Gasteiger partial charge in [0.25, 0.3) is 0 Å². The number of carbonyl (C=O) groups is 1. The third-order valence-corrected chi connectivity index (χ3v) is 3.27. The Labute approximate surface area is 88.9 Å². The lowest BCUT2D eigenvalue weighted by Gasteiger charge is -2.26. The SMILES string of the molecule is Cc1nnnn1[C@H]1CC[C@H](C(C)=O)CC1. The van der Waals surface area contributed by atoms with E-state index in [9.17, 15) is 4.79 Å². The predicted octanol–water partition coefficient (Wildman–Crippen LogP) is 1.30. The van der Waals surface area contributed by atoms with E-state index in [-0.39, 0.29) is 5.92 Å². The summed E-state index contributed by atoms with van der Waals surface area (Å²) in [6, 6.07) is 0.385. The van der Waals surface area contributed by atoms with Crippen molar-refractivity contribution in [3.05, 3.63) is 5.82 Å². The van der Waals surface area contributed by atoms with Crippen molar-refractivity contribution in [1.29, 1.82) is 0 Å². The molecule has 1 fully saturated rings. The summed E-state index contributed by atoms with van der Waals surface area (Å²) in [6.07, 6.45) is 3.96. The van der Waals surface area contributed by atoms with Crippen molar-refractivity contribution in [3.63, 3.8) is 0 Å². The number of hydrogen-bond acceptors (Lipinski definition) is 4. The Morgan fingerprint density at radius 1 is 1.33 bits per heavy atom. The summed E-state index contributed by atoms with van der Waals surface area (Å²) in [5, 5.41) is 11.5. The molecule has 0 saturated heterocycles. The van der Waals surface area contributed by atoms with E-state index in [0.717, 1.165) is 31.5 Å². The third kappa shape index (κ3) is 2.06. The van der Waals surface area contributed by atoms with Gasteiger partial charge in [0, 0.05) is 5.92 Å². The number of aryl methyl sites for hydroxylation is 1. The van der Waals surface area contributed by atoms with Crippen LogP contribution in [0.4, 0.5) is 0 Å². The third-order valence-electron chi connectivity index (χ3n) is 3.27. The van der Waals surface area contributed by atoms with E-state index in [1.54, 1.807) is 6.92 Å². The molecule has 0 atom stereocenters. The van der Waals surface area contributed by atoms with Crippen LogP contribution in [-0.2, 0) is 4.79 Å². The van der Waals surface area contributed by atoms with Crippen molar-refractivity contribution >= 4 is 5.78 Å². The molecule has 5 nitrogen and oxygen atoms in total. The number of hydrogen-bond donors (Lipinski definition) is 0. The smallest absolute Gasteiger partial charge is 0.148 e. The molecule has 1 aliphatic carbocycles. The second-order valence-electron chi connectivity index (χ2n) is 4.29. The zero-order valence-electron chi connectivity index (χ0n) is 9.18. The highest BCUT2D eigenvalue weighted by Crippen LogP contribution is 2.32. The normalized spacial score (nSPS) is 26.5. The summed E-state index contributed by atoms with van der Waals surface area (Å²) in [5.74, 6) is 1.45. The van der Waals surface area contributed by atoms with Crippen LogP contribution in [0.25, 0.3) is 0 Å². The van der Waals surface area contributed by atoms with Crippen LogP contribution in [0.15, 0.2) is 0 Å². The molecule has 0 radical (unpaired) electrons. The van der Waals surface area contributed by atoms with Crippen LogP contribution in [0.3, 0.4) is 0 Å². The fourth-order valence-corrected chi connectivity index (χ4v) is 2.30. The number of tetrazole rings is 1. The lowest BCUT2D eigenvalue weighted by atomic mass is 9.84. The van der Waals surface area contributed by atoms with Crippen molar-refractivity contribution in [2.75, 3.05) is 0 Å².